The standard InChI is InChI=1S/C23H25NO3/c25-22(26)15-17-11-12-24(16-17)13-14-27-23-20-7-3-1-5-18(20)9-10-19-6-2-4-8-21(19)23/h1-5,7-10,17H,6,11-16H2,(H,25,26). The number of aliphatic carboxylic acids is 1. The Bertz CT molecular complexity index is 939. The molecule has 4 heteroatoms. The molecule has 3 aliphatic rings. The number of benzene rings is 1. The fourth-order valence-electron chi connectivity index (χ4n) is 4.10. The molecule has 1 heterocycles. The van der Waals surface area contributed by atoms with Gasteiger partial charge < -0.3 is 9.84 Å². The first-order chi connectivity index (χ1) is 13.2. The first-order valence-corrected chi connectivity index (χ1v) is 9.65. The summed E-state index contributed by atoms with van der Waals surface area (Å²) < 4.78 is 6.33. The maximum absolute atomic E-state index is 10.9. The van der Waals surface area contributed by atoms with Crippen molar-refractivity contribution in [3.8, 4) is 0 Å². The minimum Gasteiger partial charge on any atom is -0.491 e. The fraction of sp³-hybridized carbons (Fsp3) is 0.348. The normalized spacial score (nSPS) is 21.5. The highest BCUT2D eigenvalue weighted by Crippen LogP contribution is 2.28. The van der Waals surface area contributed by atoms with Crippen LogP contribution < -0.4 is 10.4 Å². The predicted octanol–water partition coefficient (Wildman–Crippen LogP) is 2.21. The smallest absolute Gasteiger partial charge is 0.303 e. The van der Waals surface area contributed by atoms with Crippen LogP contribution in [0.25, 0.3) is 11.8 Å². The molecule has 0 bridgehead atoms. The van der Waals surface area contributed by atoms with Gasteiger partial charge in [0.15, 0.2) is 0 Å². The molecule has 1 fully saturated rings. The molecule has 4 nitrogen and oxygen atoms in total. The zero-order valence-electron chi connectivity index (χ0n) is 15.4. The Hall–Kier alpha value is -2.59. The summed E-state index contributed by atoms with van der Waals surface area (Å²) in [4.78, 5) is 13.2. The number of allylic oxidation sites excluding steroid dienone is 4. The lowest BCUT2D eigenvalue weighted by Gasteiger charge is -2.20. The van der Waals surface area contributed by atoms with Crippen molar-refractivity contribution in [3.63, 3.8) is 0 Å². The van der Waals surface area contributed by atoms with Crippen molar-refractivity contribution in [2.24, 2.45) is 5.92 Å². The Morgan fingerprint density at radius 1 is 1.22 bits per heavy atom. The van der Waals surface area contributed by atoms with Crippen LogP contribution in [0.15, 0.2) is 59.7 Å². The minimum atomic E-state index is -0.698. The van der Waals surface area contributed by atoms with E-state index < -0.39 is 5.97 Å². The van der Waals surface area contributed by atoms with Crippen molar-refractivity contribution >= 4 is 17.8 Å². The van der Waals surface area contributed by atoms with Crippen LogP contribution in [0, 0.1) is 5.92 Å². The number of ether oxygens (including phenoxy) is 1. The van der Waals surface area contributed by atoms with E-state index in [-0.39, 0.29) is 12.3 Å². The third kappa shape index (κ3) is 4.06. The average Bonchev–Trinajstić information content (AvgIpc) is 3.04. The van der Waals surface area contributed by atoms with E-state index in [1.807, 2.05) is 0 Å². The van der Waals surface area contributed by atoms with Crippen LogP contribution in [0.4, 0.5) is 0 Å². The van der Waals surface area contributed by atoms with Crippen LogP contribution in [-0.4, -0.2) is 42.2 Å². The Morgan fingerprint density at radius 2 is 2.11 bits per heavy atom. The summed E-state index contributed by atoms with van der Waals surface area (Å²) in [5.74, 6) is 0.525. The molecule has 4 rings (SSSR count). The largest absolute Gasteiger partial charge is 0.491 e. The molecule has 0 spiro atoms. The topological polar surface area (TPSA) is 49.8 Å². The molecule has 0 saturated carbocycles. The number of nitrogens with zero attached hydrogens (tertiary/aromatic N) is 1. The maximum atomic E-state index is 10.9. The van der Waals surface area contributed by atoms with Crippen LogP contribution in [0.2, 0.25) is 0 Å². The van der Waals surface area contributed by atoms with Crippen molar-refractivity contribution in [1.82, 2.24) is 4.90 Å². The van der Waals surface area contributed by atoms with Crippen molar-refractivity contribution in [2.75, 3.05) is 26.2 Å². The van der Waals surface area contributed by atoms with Gasteiger partial charge in [-0.2, -0.15) is 0 Å². The van der Waals surface area contributed by atoms with E-state index in [2.05, 4.69) is 59.5 Å². The quantitative estimate of drug-likeness (QED) is 0.842. The average molecular weight is 363 g/mol. The minimum absolute atomic E-state index is 0.268. The van der Waals surface area contributed by atoms with Crippen LogP contribution in [0.1, 0.15) is 19.3 Å². The molecular formula is C23H25NO3. The van der Waals surface area contributed by atoms with Gasteiger partial charge in [0.05, 0.1) is 0 Å². The van der Waals surface area contributed by atoms with Crippen LogP contribution in [0.5, 0.6) is 0 Å². The van der Waals surface area contributed by atoms with Crippen molar-refractivity contribution < 1.29 is 14.6 Å². The fourth-order valence-corrected chi connectivity index (χ4v) is 4.10. The lowest BCUT2D eigenvalue weighted by atomic mass is 9.96. The Kier molecular flexibility index (Phi) is 5.26. The van der Waals surface area contributed by atoms with E-state index in [1.165, 1.54) is 16.4 Å². The zero-order chi connectivity index (χ0) is 18.6. The summed E-state index contributed by atoms with van der Waals surface area (Å²) >= 11 is 0. The molecule has 1 aromatic carbocycles. The highest BCUT2D eigenvalue weighted by atomic mass is 16.5. The molecule has 140 valence electrons. The van der Waals surface area contributed by atoms with Gasteiger partial charge in [-0.1, -0.05) is 54.6 Å². The highest BCUT2D eigenvalue weighted by Gasteiger charge is 2.24. The van der Waals surface area contributed by atoms with E-state index in [0.29, 0.717) is 6.61 Å². The number of fused-ring (bicyclic) bond motifs is 2. The number of likely N-dealkylation sites (tertiary alicyclic amines) is 1. The van der Waals surface area contributed by atoms with Crippen LogP contribution >= 0.6 is 0 Å². The van der Waals surface area contributed by atoms with E-state index >= 15 is 0 Å². The number of carboxylic acid groups (broad SMARTS) is 1. The molecule has 2 aliphatic carbocycles. The van der Waals surface area contributed by atoms with E-state index in [0.717, 1.165) is 43.5 Å². The number of hydrogen-bond donors (Lipinski definition) is 1. The summed E-state index contributed by atoms with van der Waals surface area (Å²) in [6.07, 6.45) is 12.9. The first-order valence-electron chi connectivity index (χ1n) is 9.65. The van der Waals surface area contributed by atoms with Crippen molar-refractivity contribution in [3.05, 3.63) is 70.2 Å². The summed E-state index contributed by atoms with van der Waals surface area (Å²) in [6, 6.07) is 8.35. The monoisotopic (exact) mass is 363 g/mol. The third-order valence-corrected chi connectivity index (χ3v) is 5.48. The SMILES string of the molecule is O=C(O)CC1CCN(CCOC2=c3ccccc3=CC=C3CC=CC=C32)C1. The number of hydrogen-bond acceptors (Lipinski definition) is 3. The molecule has 0 radical (unpaired) electrons. The van der Waals surface area contributed by atoms with Gasteiger partial charge in [-0.3, -0.25) is 9.69 Å². The van der Waals surface area contributed by atoms with Gasteiger partial charge in [0.25, 0.3) is 0 Å². The van der Waals surface area contributed by atoms with Gasteiger partial charge in [-0.15, -0.1) is 0 Å². The third-order valence-electron chi connectivity index (χ3n) is 5.48. The van der Waals surface area contributed by atoms with Gasteiger partial charge in [0.2, 0.25) is 0 Å². The van der Waals surface area contributed by atoms with Crippen LogP contribution in [0.3, 0.4) is 0 Å². The number of carboxylic acids is 1. The Balaban J connectivity index is 1.49. The first kappa shape index (κ1) is 17.8. The van der Waals surface area contributed by atoms with Gasteiger partial charge in [0, 0.05) is 30.3 Å². The summed E-state index contributed by atoms with van der Waals surface area (Å²) in [5, 5.41) is 11.3. The molecule has 1 atom stereocenters. The molecule has 1 N–H and O–H groups in total. The molecule has 1 aliphatic heterocycles. The lowest BCUT2D eigenvalue weighted by molar-refractivity contribution is -0.138. The number of rotatable bonds is 6. The van der Waals surface area contributed by atoms with Gasteiger partial charge in [-0.25, -0.2) is 0 Å². The molecule has 0 amide bonds. The Morgan fingerprint density at radius 3 is 3.00 bits per heavy atom. The number of carbonyl (C=O) groups is 1. The molecule has 1 aromatic rings. The van der Waals surface area contributed by atoms with E-state index in [1.54, 1.807) is 0 Å². The van der Waals surface area contributed by atoms with Gasteiger partial charge >= 0.3 is 5.97 Å². The summed E-state index contributed by atoms with van der Waals surface area (Å²) in [5.41, 5.74) is 2.45. The maximum Gasteiger partial charge on any atom is 0.303 e. The van der Waals surface area contributed by atoms with Gasteiger partial charge in [0.1, 0.15) is 12.4 Å². The Labute approximate surface area is 159 Å². The second kappa shape index (κ2) is 7.97. The second-order valence-electron chi connectivity index (χ2n) is 7.39. The lowest BCUT2D eigenvalue weighted by Crippen LogP contribution is -2.29. The van der Waals surface area contributed by atoms with Crippen LogP contribution in [-0.2, 0) is 9.53 Å². The van der Waals surface area contributed by atoms with E-state index in [4.69, 9.17) is 9.84 Å². The molecule has 1 unspecified atom stereocenters. The highest BCUT2D eigenvalue weighted by molar-refractivity contribution is 5.72. The second-order valence-corrected chi connectivity index (χ2v) is 7.39. The van der Waals surface area contributed by atoms with E-state index in [9.17, 15) is 4.79 Å². The van der Waals surface area contributed by atoms with Crippen molar-refractivity contribution in [1.29, 1.82) is 0 Å². The van der Waals surface area contributed by atoms with Crippen molar-refractivity contribution in [2.45, 2.75) is 19.3 Å². The van der Waals surface area contributed by atoms with Gasteiger partial charge in [-0.05, 0) is 36.1 Å². The molecule has 27 heavy (non-hydrogen) atoms. The molecule has 1 saturated heterocycles. The molecular weight excluding hydrogens is 338 g/mol. The summed E-state index contributed by atoms with van der Waals surface area (Å²) in [7, 11) is 0. The molecule has 0 aromatic heterocycles. The predicted molar refractivity (Wildman–Crippen MR) is 106 cm³/mol. The zero-order valence-corrected chi connectivity index (χ0v) is 15.4. The summed E-state index contributed by atoms with van der Waals surface area (Å²) in [6.45, 7) is 3.25.